The highest BCUT2D eigenvalue weighted by Gasteiger charge is 2.24. The second kappa shape index (κ2) is 5.00. The molecule has 1 aliphatic rings. The highest BCUT2D eigenvalue weighted by atomic mass is 19.1. The molecule has 1 amide bonds. The molecular weight excluding hydrogens is 240 g/mol. The lowest BCUT2D eigenvalue weighted by molar-refractivity contribution is -0.123. The van der Waals surface area contributed by atoms with Gasteiger partial charge in [0.1, 0.15) is 11.7 Å². The Kier molecular flexibility index (Phi) is 3.42. The minimum absolute atomic E-state index is 0.0938. The lowest BCUT2D eigenvalue weighted by Gasteiger charge is -2.24. The SMILES string of the molecule is N#Cc1cc(F)c(NC2CCCNC2=O)c(F)c1. The number of halogens is 2. The van der Waals surface area contributed by atoms with E-state index in [9.17, 15) is 13.6 Å². The van der Waals surface area contributed by atoms with Crippen molar-refractivity contribution in [3.05, 3.63) is 29.3 Å². The normalized spacial score (nSPS) is 18.9. The fourth-order valence-electron chi connectivity index (χ4n) is 1.86. The number of piperidine rings is 1. The highest BCUT2D eigenvalue weighted by Crippen LogP contribution is 2.22. The molecule has 2 rings (SSSR count). The summed E-state index contributed by atoms with van der Waals surface area (Å²) in [5.74, 6) is -2.01. The maximum absolute atomic E-state index is 13.6. The van der Waals surface area contributed by atoms with Crippen molar-refractivity contribution in [2.75, 3.05) is 11.9 Å². The Bertz CT molecular complexity index is 502. The largest absolute Gasteiger partial charge is 0.369 e. The summed E-state index contributed by atoms with van der Waals surface area (Å²) in [7, 11) is 0. The number of carbonyl (C=O) groups excluding carboxylic acids is 1. The Morgan fingerprint density at radius 1 is 1.39 bits per heavy atom. The van der Waals surface area contributed by atoms with Crippen LogP contribution in [-0.4, -0.2) is 18.5 Å². The summed E-state index contributed by atoms with van der Waals surface area (Å²) in [5.41, 5.74) is -0.459. The summed E-state index contributed by atoms with van der Waals surface area (Å²) in [5, 5.41) is 13.7. The average molecular weight is 251 g/mol. The lowest BCUT2D eigenvalue weighted by Crippen LogP contribution is -2.44. The highest BCUT2D eigenvalue weighted by molar-refractivity contribution is 5.85. The van der Waals surface area contributed by atoms with Crippen molar-refractivity contribution in [2.45, 2.75) is 18.9 Å². The number of hydrogen-bond donors (Lipinski definition) is 2. The van der Waals surface area contributed by atoms with Crippen LogP contribution in [0.5, 0.6) is 0 Å². The number of benzene rings is 1. The van der Waals surface area contributed by atoms with Crippen molar-refractivity contribution >= 4 is 11.6 Å². The van der Waals surface area contributed by atoms with Gasteiger partial charge >= 0.3 is 0 Å². The molecule has 0 radical (unpaired) electrons. The van der Waals surface area contributed by atoms with Crippen molar-refractivity contribution in [3.8, 4) is 6.07 Å². The third-order valence-electron chi connectivity index (χ3n) is 2.78. The molecule has 94 valence electrons. The molecule has 2 N–H and O–H groups in total. The van der Waals surface area contributed by atoms with E-state index in [1.54, 1.807) is 6.07 Å². The van der Waals surface area contributed by atoms with Gasteiger partial charge in [-0.1, -0.05) is 0 Å². The van der Waals surface area contributed by atoms with Crippen LogP contribution >= 0.6 is 0 Å². The standard InChI is InChI=1S/C12H11F2N3O/c13-8-4-7(6-15)5-9(14)11(8)17-10-2-1-3-16-12(10)18/h4-5,10,17H,1-3H2,(H,16,18). The number of amides is 1. The van der Waals surface area contributed by atoms with Crippen molar-refractivity contribution in [1.82, 2.24) is 5.32 Å². The van der Waals surface area contributed by atoms with Crippen molar-refractivity contribution in [2.24, 2.45) is 0 Å². The molecular formula is C12H11F2N3O. The van der Waals surface area contributed by atoms with Gasteiger partial charge in [0, 0.05) is 6.54 Å². The smallest absolute Gasteiger partial charge is 0.242 e. The Labute approximate surface area is 103 Å². The molecule has 1 aliphatic heterocycles. The van der Waals surface area contributed by atoms with E-state index in [1.807, 2.05) is 0 Å². The molecule has 0 aliphatic carbocycles. The molecule has 1 aromatic carbocycles. The second-order valence-corrected chi connectivity index (χ2v) is 4.06. The zero-order valence-corrected chi connectivity index (χ0v) is 9.46. The van der Waals surface area contributed by atoms with Crippen LogP contribution in [0.3, 0.4) is 0 Å². The van der Waals surface area contributed by atoms with E-state index in [1.165, 1.54) is 0 Å². The van der Waals surface area contributed by atoms with Crippen molar-refractivity contribution < 1.29 is 13.6 Å². The summed E-state index contributed by atoms with van der Waals surface area (Å²) in [4.78, 5) is 11.5. The number of nitriles is 1. The van der Waals surface area contributed by atoms with Crippen LogP contribution in [0.25, 0.3) is 0 Å². The molecule has 0 bridgehead atoms. The summed E-state index contributed by atoms with van der Waals surface area (Å²) in [6.45, 7) is 0.579. The number of nitrogens with zero attached hydrogens (tertiary/aromatic N) is 1. The van der Waals surface area contributed by atoms with Crippen LogP contribution in [0, 0.1) is 23.0 Å². The molecule has 0 spiro atoms. The molecule has 1 saturated heterocycles. The van der Waals surface area contributed by atoms with E-state index in [2.05, 4.69) is 10.6 Å². The van der Waals surface area contributed by atoms with Crippen molar-refractivity contribution in [1.29, 1.82) is 5.26 Å². The van der Waals surface area contributed by atoms with Gasteiger partial charge in [-0.25, -0.2) is 8.78 Å². The summed E-state index contributed by atoms with van der Waals surface area (Å²) in [6, 6.07) is 2.89. The van der Waals surface area contributed by atoms with Gasteiger partial charge in [-0.05, 0) is 25.0 Å². The molecule has 0 aromatic heterocycles. The molecule has 1 fully saturated rings. The first-order valence-corrected chi connectivity index (χ1v) is 5.55. The first-order chi connectivity index (χ1) is 8.61. The van der Waals surface area contributed by atoms with E-state index in [0.717, 1.165) is 18.6 Å². The number of hydrogen-bond acceptors (Lipinski definition) is 3. The summed E-state index contributed by atoms with van der Waals surface area (Å²) >= 11 is 0. The van der Waals surface area contributed by atoms with Gasteiger partial charge in [0.25, 0.3) is 0 Å². The zero-order chi connectivity index (χ0) is 13.1. The van der Waals surface area contributed by atoms with E-state index < -0.39 is 17.7 Å². The van der Waals surface area contributed by atoms with Gasteiger partial charge in [-0.2, -0.15) is 5.26 Å². The topological polar surface area (TPSA) is 64.9 Å². The maximum Gasteiger partial charge on any atom is 0.242 e. The number of carbonyl (C=O) groups is 1. The summed E-state index contributed by atoms with van der Waals surface area (Å²) in [6.07, 6.45) is 1.27. The van der Waals surface area contributed by atoms with E-state index in [-0.39, 0.29) is 17.2 Å². The average Bonchev–Trinajstić information content (AvgIpc) is 2.35. The van der Waals surface area contributed by atoms with Crippen LogP contribution in [0.15, 0.2) is 12.1 Å². The van der Waals surface area contributed by atoms with E-state index in [4.69, 9.17) is 5.26 Å². The van der Waals surface area contributed by atoms with Gasteiger partial charge < -0.3 is 10.6 Å². The van der Waals surface area contributed by atoms with Gasteiger partial charge in [-0.15, -0.1) is 0 Å². The van der Waals surface area contributed by atoms with Crippen LogP contribution in [0.4, 0.5) is 14.5 Å². The monoisotopic (exact) mass is 251 g/mol. The Hall–Kier alpha value is -2.16. The quantitative estimate of drug-likeness (QED) is 0.837. The Morgan fingerprint density at radius 3 is 2.61 bits per heavy atom. The van der Waals surface area contributed by atoms with Crippen LogP contribution in [0.2, 0.25) is 0 Å². The molecule has 4 nitrogen and oxygen atoms in total. The van der Waals surface area contributed by atoms with Crippen LogP contribution in [0.1, 0.15) is 18.4 Å². The molecule has 1 unspecified atom stereocenters. The van der Waals surface area contributed by atoms with Gasteiger partial charge in [0.15, 0.2) is 11.6 Å². The Morgan fingerprint density at radius 2 is 2.06 bits per heavy atom. The molecule has 1 heterocycles. The fourth-order valence-corrected chi connectivity index (χ4v) is 1.86. The second-order valence-electron chi connectivity index (χ2n) is 4.06. The molecule has 1 aromatic rings. The number of rotatable bonds is 2. The van der Waals surface area contributed by atoms with E-state index >= 15 is 0 Å². The third kappa shape index (κ3) is 2.40. The first kappa shape index (κ1) is 12.3. The van der Waals surface area contributed by atoms with E-state index in [0.29, 0.717) is 13.0 Å². The van der Waals surface area contributed by atoms with Crippen LogP contribution in [-0.2, 0) is 4.79 Å². The number of anilines is 1. The lowest BCUT2D eigenvalue weighted by atomic mass is 10.1. The van der Waals surface area contributed by atoms with Gasteiger partial charge in [0.05, 0.1) is 11.6 Å². The fraction of sp³-hybridized carbons (Fsp3) is 0.333. The molecule has 18 heavy (non-hydrogen) atoms. The Balaban J connectivity index is 2.24. The molecule has 1 atom stereocenters. The predicted molar refractivity (Wildman–Crippen MR) is 60.7 cm³/mol. The number of nitrogens with one attached hydrogen (secondary N) is 2. The predicted octanol–water partition coefficient (Wildman–Crippen LogP) is 1.53. The minimum atomic E-state index is -0.870. The van der Waals surface area contributed by atoms with Crippen LogP contribution < -0.4 is 10.6 Å². The zero-order valence-electron chi connectivity index (χ0n) is 9.46. The molecule has 6 heteroatoms. The molecule has 0 saturated carbocycles. The summed E-state index contributed by atoms with van der Waals surface area (Å²) < 4.78 is 27.2. The maximum atomic E-state index is 13.6. The van der Waals surface area contributed by atoms with Crippen molar-refractivity contribution in [3.63, 3.8) is 0 Å². The third-order valence-corrected chi connectivity index (χ3v) is 2.78. The minimum Gasteiger partial charge on any atom is -0.369 e. The van der Waals surface area contributed by atoms with Gasteiger partial charge in [-0.3, -0.25) is 4.79 Å². The van der Waals surface area contributed by atoms with Gasteiger partial charge in [0.2, 0.25) is 5.91 Å². The first-order valence-electron chi connectivity index (χ1n) is 5.55.